The van der Waals surface area contributed by atoms with Crippen molar-refractivity contribution < 1.29 is 14.3 Å². The van der Waals surface area contributed by atoms with Crippen LogP contribution in [0.5, 0.6) is 0 Å². The van der Waals surface area contributed by atoms with Gasteiger partial charge in [0.1, 0.15) is 11.6 Å². The van der Waals surface area contributed by atoms with E-state index in [4.69, 9.17) is 10.5 Å². The highest BCUT2D eigenvalue weighted by atomic mass is 16.6. The lowest BCUT2D eigenvalue weighted by Gasteiger charge is -2.52. The molecule has 2 rings (SSSR count). The molecule has 5 heteroatoms. The van der Waals surface area contributed by atoms with Gasteiger partial charge in [-0.2, -0.15) is 0 Å². The number of ether oxygens (including phenoxy) is 1. The zero-order chi connectivity index (χ0) is 26.9. The molecule has 198 valence electrons. The lowest BCUT2D eigenvalue weighted by Crippen LogP contribution is -2.59. The van der Waals surface area contributed by atoms with Crippen LogP contribution in [0.1, 0.15) is 72.4 Å². The average Bonchev–Trinajstić information content (AvgIpc) is 2.86. The summed E-state index contributed by atoms with van der Waals surface area (Å²) in [5, 5.41) is 2.93. The molecule has 0 saturated carbocycles. The maximum atomic E-state index is 13.9. The Labute approximate surface area is 218 Å². The fourth-order valence-electron chi connectivity index (χ4n) is 5.45. The minimum absolute atomic E-state index is 0.143. The molecule has 0 radical (unpaired) electrons. The number of carbonyl (C=O) groups excluding carboxylic acids is 2. The van der Waals surface area contributed by atoms with Crippen molar-refractivity contribution in [2.75, 3.05) is 0 Å². The highest BCUT2D eigenvalue weighted by molar-refractivity contribution is 5.88. The van der Waals surface area contributed by atoms with Crippen LogP contribution in [0.15, 0.2) is 60.7 Å². The first-order valence-corrected chi connectivity index (χ1v) is 13.3. The first-order valence-electron chi connectivity index (χ1n) is 13.3. The molecule has 0 saturated heterocycles. The van der Waals surface area contributed by atoms with Crippen LogP contribution in [0.3, 0.4) is 0 Å². The fraction of sp³-hybridized carbons (Fsp3) is 0.548. The van der Waals surface area contributed by atoms with Gasteiger partial charge in [0, 0.05) is 11.8 Å². The molecule has 36 heavy (non-hydrogen) atoms. The van der Waals surface area contributed by atoms with Crippen LogP contribution in [-0.4, -0.2) is 29.6 Å². The van der Waals surface area contributed by atoms with E-state index >= 15 is 0 Å². The predicted molar refractivity (Wildman–Crippen MR) is 147 cm³/mol. The third kappa shape index (κ3) is 7.19. The quantitative estimate of drug-likeness (QED) is 0.371. The Balaban J connectivity index is 2.36. The van der Waals surface area contributed by atoms with Gasteiger partial charge in [0.25, 0.3) is 0 Å². The number of rotatable bonds is 12. The number of nitrogens with one attached hydrogen (secondary N) is 1. The molecule has 5 nitrogen and oxygen atoms in total. The maximum Gasteiger partial charge on any atom is 0.329 e. The van der Waals surface area contributed by atoms with Crippen molar-refractivity contribution in [2.45, 2.75) is 91.8 Å². The van der Waals surface area contributed by atoms with Crippen molar-refractivity contribution in [2.24, 2.45) is 23.0 Å². The minimum Gasteiger partial charge on any atom is -0.456 e. The number of nitrogens with two attached hydrogens (primary N) is 1. The Morgan fingerprint density at radius 3 is 1.69 bits per heavy atom. The van der Waals surface area contributed by atoms with Gasteiger partial charge >= 0.3 is 5.97 Å². The van der Waals surface area contributed by atoms with E-state index in [2.05, 4.69) is 53.8 Å². The zero-order valence-corrected chi connectivity index (χ0v) is 23.2. The second-order valence-electron chi connectivity index (χ2n) is 11.1. The van der Waals surface area contributed by atoms with Crippen LogP contribution >= 0.6 is 0 Å². The number of hydrogen-bond acceptors (Lipinski definition) is 4. The van der Waals surface area contributed by atoms with Crippen LogP contribution in [0.4, 0.5) is 0 Å². The van der Waals surface area contributed by atoms with E-state index in [0.29, 0.717) is 12.8 Å². The van der Waals surface area contributed by atoms with E-state index in [1.165, 1.54) is 0 Å². The van der Waals surface area contributed by atoms with E-state index in [1.807, 2.05) is 60.7 Å². The Bertz CT molecular complexity index is 943. The topological polar surface area (TPSA) is 81.4 Å². The van der Waals surface area contributed by atoms with Crippen molar-refractivity contribution >= 4 is 11.9 Å². The second kappa shape index (κ2) is 13.0. The standard InChI is InChI=1S/C31H46N2O3/c1-8-22(3)31(23(4)9-2,30(5,6)7)36-29(35)27(21-25-18-14-11-15-19-25)33-28(34)26(32)20-24-16-12-10-13-17-24/h10-19,22-23,26-27H,8-9,20-21,32H2,1-7H3,(H,33,34)/t22?,23?,26-,27-,31?/m0/s1. The molecule has 0 bridgehead atoms. The monoisotopic (exact) mass is 494 g/mol. The van der Waals surface area contributed by atoms with Crippen molar-refractivity contribution in [1.82, 2.24) is 5.32 Å². The second-order valence-corrected chi connectivity index (χ2v) is 11.1. The predicted octanol–water partition coefficient (Wildman–Crippen LogP) is 5.70. The van der Waals surface area contributed by atoms with Crippen LogP contribution < -0.4 is 11.1 Å². The smallest absolute Gasteiger partial charge is 0.329 e. The van der Waals surface area contributed by atoms with Gasteiger partial charge in [-0.1, -0.05) is 109 Å². The Morgan fingerprint density at radius 2 is 1.28 bits per heavy atom. The van der Waals surface area contributed by atoms with Gasteiger partial charge in [0.05, 0.1) is 6.04 Å². The summed E-state index contributed by atoms with van der Waals surface area (Å²) in [6.45, 7) is 15.0. The van der Waals surface area contributed by atoms with Crippen LogP contribution in [0.25, 0.3) is 0 Å². The molecule has 2 unspecified atom stereocenters. The zero-order valence-electron chi connectivity index (χ0n) is 23.2. The van der Waals surface area contributed by atoms with Gasteiger partial charge < -0.3 is 15.8 Å². The van der Waals surface area contributed by atoms with Gasteiger partial charge in [-0.05, 0) is 42.2 Å². The van der Waals surface area contributed by atoms with E-state index in [1.54, 1.807) is 0 Å². The maximum absolute atomic E-state index is 13.9. The summed E-state index contributed by atoms with van der Waals surface area (Å²) in [6.07, 6.45) is 2.50. The first-order chi connectivity index (χ1) is 17.0. The molecule has 0 fully saturated rings. The molecule has 2 aromatic rings. The van der Waals surface area contributed by atoms with Gasteiger partial charge in [0.2, 0.25) is 5.91 Å². The molecule has 2 aromatic carbocycles. The van der Waals surface area contributed by atoms with Crippen LogP contribution in [0, 0.1) is 17.3 Å². The normalized spacial score (nSPS) is 16.8. The van der Waals surface area contributed by atoms with E-state index < -0.39 is 23.7 Å². The molecule has 3 N–H and O–H groups in total. The molecule has 1 amide bonds. The SMILES string of the molecule is CCC(C)C(OC(=O)[C@H](Cc1ccccc1)NC(=O)[C@@H](N)Cc1ccccc1)(C(C)CC)C(C)(C)C. The highest BCUT2D eigenvalue weighted by Crippen LogP contribution is 2.48. The summed E-state index contributed by atoms with van der Waals surface area (Å²) in [5.74, 6) is -0.477. The summed E-state index contributed by atoms with van der Waals surface area (Å²) in [7, 11) is 0. The lowest BCUT2D eigenvalue weighted by molar-refractivity contribution is -0.201. The van der Waals surface area contributed by atoms with Gasteiger partial charge in [-0.3, -0.25) is 4.79 Å². The van der Waals surface area contributed by atoms with Crippen LogP contribution in [-0.2, 0) is 27.2 Å². The van der Waals surface area contributed by atoms with Crippen molar-refractivity contribution in [3.63, 3.8) is 0 Å². The number of benzene rings is 2. The Morgan fingerprint density at radius 1 is 0.833 bits per heavy atom. The Kier molecular flexibility index (Phi) is 10.7. The molecular formula is C31H46N2O3. The minimum atomic E-state index is -0.837. The number of esters is 1. The molecular weight excluding hydrogens is 448 g/mol. The van der Waals surface area contributed by atoms with Crippen LogP contribution in [0.2, 0.25) is 0 Å². The summed E-state index contributed by atoms with van der Waals surface area (Å²) >= 11 is 0. The molecule has 0 aliphatic heterocycles. The highest BCUT2D eigenvalue weighted by Gasteiger charge is 2.53. The van der Waals surface area contributed by atoms with E-state index in [0.717, 1.165) is 24.0 Å². The molecule has 0 aliphatic rings. The average molecular weight is 495 g/mol. The van der Waals surface area contributed by atoms with Crippen molar-refractivity contribution in [3.8, 4) is 0 Å². The van der Waals surface area contributed by atoms with Gasteiger partial charge in [0.15, 0.2) is 0 Å². The first kappa shape index (κ1) is 29.6. The number of hydrogen-bond donors (Lipinski definition) is 2. The third-order valence-electron chi connectivity index (χ3n) is 7.65. The van der Waals surface area contributed by atoms with E-state index in [9.17, 15) is 9.59 Å². The van der Waals surface area contributed by atoms with Gasteiger partial charge in [-0.25, -0.2) is 4.79 Å². The molecule has 0 heterocycles. The van der Waals surface area contributed by atoms with E-state index in [-0.39, 0.29) is 23.2 Å². The van der Waals surface area contributed by atoms with Crippen molar-refractivity contribution in [1.29, 1.82) is 0 Å². The fourth-order valence-corrected chi connectivity index (χ4v) is 5.45. The summed E-state index contributed by atoms with van der Waals surface area (Å²) in [5.41, 5.74) is 7.21. The summed E-state index contributed by atoms with van der Waals surface area (Å²) in [4.78, 5) is 27.0. The number of carbonyl (C=O) groups is 2. The third-order valence-corrected chi connectivity index (χ3v) is 7.65. The Hall–Kier alpha value is -2.66. The molecule has 0 spiro atoms. The van der Waals surface area contributed by atoms with Crippen molar-refractivity contribution in [3.05, 3.63) is 71.8 Å². The molecule has 0 aliphatic carbocycles. The summed E-state index contributed by atoms with van der Waals surface area (Å²) < 4.78 is 6.55. The molecule has 0 aromatic heterocycles. The lowest BCUT2D eigenvalue weighted by atomic mass is 9.61. The number of amides is 1. The molecule has 4 atom stereocenters. The summed E-state index contributed by atoms with van der Waals surface area (Å²) in [6, 6.07) is 17.8. The largest absolute Gasteiger partial charge is 0.456 e. The van der Waals surface area contributed by atoms with Gasteiger partial charge in [-0.15, -0.1) is 0 Å².